The van der Waals surface area contributed by atoms with Crippen molar-refractivity contribution in [1.82, 2.24) is 9.88 Å². The first-order chi connectivity index (χ1) is 8.66. The van der Waals surface area contributed by atoms with Gasteiger partial charge in [-0.15, -0.1) is 0 Å². The number of amides is 1. The molecule has 1 amide bonds. The fourth-order valence-electron chi connectivity index (χ4n) is 1.42. The molecular formula is C14H14N2O2. The molecule has 2 aromatic rings. The van der Waals surface area contributed by atoms with Crippen LogP contribution in [0.25, 0.3) is 11.3 Å². The normalized spacial score (nSPS) is 9.89. The van der Waals surface area contributed by atoms with Crippen molar-refractivity contribution in [2.45, 2.75) is 0 Å². The quantitative estimate of drug-likeness (QED) is 0.813. The Bertz CT molecular complexity index is 521. The van der Waals surface area contributed by atoms with Crippen LogP contribution in [-0.4, -0.2) is 30.1 Å². The second-order valence-electron chi connectivity index (χ2n) is 4.00. The number of rotatable bonds is 2. The molecule has 1 aromatic carbocycles. The zero-order valence-corrected chi connectivity index (χ0v) is 10.3. The molecule has 0 unspecified atom stereocenters. The van der Waals surface area contributed by atoms with E-state index in [1.54, 1.807) is 32.4 Å². The highest BCUT2D eigenvalue weighted by Crippen LogP contribution is 2.20. The van der Waals surface area contributed by atoms with Crippen LogP contribution in [0.5, 0.6) is 5.75 Å². The molecule has 0 fully saturated rings. The molecule has 92 valence electrons. The van der Waals surface area contributed by atoms with Crippen molar-refractivity contribution in [3.8, 4) is 17.0 Å². The summed E-state index contributed by atoms with van der Waals surface area (Å²) in [6.45, 7) is 0. The van der Waals surface area contributed by atoms with E-state index in [1.165, 1.54) is 4.90 Å². The standard InChI is InChI=1S/C14H14N2O2/c1-16(2)14(17)18-12-8-6-11(7-9-12)13-5-3-4-10-15-13/h3-10H,1-2H3. The van der Waals surface area contributed by atoms with E-state index < -0.39 is 0 Å². The van der Waals surface area contributed by atoms with E-state index >= 15 is 0 Å². The number of carbonyl (C=O) groups excluding carboxylic acids is 1. The van der Waals surface area contributed by atoms with Gasteiger partial charge in [-0.25, -0.2) is 4.79 Å². The summed E-state index contributed by atoms with van der Waals surface area (Å²) in [5.41, 5.74) is 1.88. The SMILES string of the molecule is CN(C)C(=O)Oc1ccc(-c2ccccn2)cc1. The summed E-state index contributed by atoms with van der Waals surface area (Å²) in [6.07, 6.45) is 1.36. The lowest BCUT2D eigenvalue weighted by atomic mass is 10.1. The Morgan fingerprint density at radius 1 is 1.11 bits per heavy atom. The summed E-state index contributed by atoms with van der Waals surface area (Å²) < 4.78 is 5.13. The maximum atomic E-state index is 11.4. The Morgan fingerprint density at radius 3 is 2.39 bits per heavy atom. The van der Waals surface area contributed by atoms with Crippen molar-refractivity contribution in [1.29, 1.82) is 0 Å². The molecule has 1 aromatic heterocycles. The summed E-state index contributed by atoms with van der Waals surface area (Å²) in [5.74, 6) is 0.522. The second-order valence-corrected chi connectivity index (χ2v) is 4.00. The number of hydrogen-bond acceptors (Lipinski definition) is 3. The van der Waals surface area contributed by atoms with E-state index in [-0.39, 0.29) is 6.09 Å². The Hall–Kier alpha value is -2.36. The van der Waals surface area contributed by atoms with Gasteiger partial charge in [0, 0.05) is 25.9 Å². The number of ether oxygens (including phenoxy) is 1. The fraction of sp³-hybridized carbons (Fsp3) is 0.143. The minimum Gasteiger partial charge on any atom is -0.410 e. The van der Waals surface area contributed by atoms with Crippen LogP contribution < -0.4 is 4.74 Å². The highest BCUT2D eigenvalue weighted by molar-refractivity contribution is 5.70. The molecule has 0 bridgehead atoms. The number of pyridine rings is 1. The maximum absolute atomic E-state index is 11.4. The third-order valence-electron chi connectivity index (χ3n) is 2.39. The lowest BCUT2D eigenvalue weighted by molar-refractivity contribution is 0.172. The van der Waals surface area contributed by atoms with Crippen LogP contribution in [0.3, 0.4) is 0 Å². The Kier molecular flexibility index (Phi) is 3.57. The van der Waals surface area contributed by atoms with Gasteiger partial charge in [0.2, 0.25) is 0 Å². The first-order valence-corrected chi connectivity index (χ1v) is 5.57. The van der Waals surface area contributed by atoms with Crippen molar-refractivity contribution in [2.24, 2.45) is 0 Å². The Balaban J connectivity index is 2.13. The third kappa shape index (κ3) is 2.85. The van der Waals surface area contributed by atoms with Gasteiger partial charge in [0.1, 0.15) is 5.75 Å². The Morgan fingerprint density at radius 2 is 1.83 bits per heavy atom. The molecule has 0 saturated carbocycles. The van der Waals surface area contributed by atoms with E-state index in [0.29, 0.717) is 5.75 Å². The zero-order chi connectivity index (χ0) is 13.0. The van der Waals surface area contributed by atoms with E-state index in [4.69, 9.17) is 4.74 Å². The van der Waals surface area contributed by atoms with E-state index in [2.05, 4.69) is 4.98 Å². The second kappa shape index (κ2) is 5.31. The van der Waals surface area contributed by atoms with Crippen molar-refractivity contribution in [3.05, 3.63) is 48.7 Å². The van der Waals surface area contributed by atoms with Gasteiger partial charge in [-0.2, -0.15) is 0 Å². The largest absolute Gasteiger partial charge is 0.414 e. The summed E-state index contributed by atoms with van der Waals surface area (Å²) in [4.78, 5) is 17.0. The predicted molar refractivity (Wildman–Crippen MR) is 69.4 cm³/mol. The summed E-state index contributed by atoms with van der Waals surface area (Å²) in [5, 5.41) is 0. The van der Waals surface area contributed by atoms with Gasteiger partial charge in [0.05, 0.1) is 5.69 Å². The average Bonchev–Trinajstić information content (AvgIpc) is 2.40. The third-order valence-corrected chi connectivity index (χ3v) is 2.39. The molecule has 0 spiro atoms. The van der Waals surface area contributed by atoms with Crippen LogP contribution >= 0.6 is 0 Å². The lowest BCUT2D eigenvalue weighted by Gasteiger charge is -2.10. The zero-order valence-electron chi connectivity index (χ0n) is 10.3. The van der Waals surface area contributed by atoms with Gasteiger partial charge < -0.3 is 9.64 Å². The van der Waals surface area contributed by atoms with Crippen LogP contribution in [0.1, 0.15) is 0 Å². The fourth-order valence-corrected chi connectivity index (χ4v) is 1.42. The van der Waals surface area contributed by atoms with Crippen molar-refractivity contribution in [2.75, 3.05) is 14.1 Å². The van der Waals surface area contributed by atoms with Crippen molar-refractivity contribution in [3.63, 3.8) is 0 Å². The van der Waals surface area contributed by atoms with E-state index in [0.717, 1.165) is 11.3 Å². The minimum absolute atomic E-state index is 0.388. The van der Waals surface area contributed by atoms with Crippen molar-refractivity contribution < 1.29 is 9.53 Å². The van der Waals surface area contributed by atoms with Gasteiger partial charge in [-0.1, -0.05) is 6.07 Å². The predicted octanol–water partition coefficient (Wildman–Crippen LogP) is 2.81. The highest BCUT2D eigenvalue weighted by atomic mass is 16.6. The molecule has 0 aliphatic rings. The van der Waals surface area contributed by atoms with Crippen LogP contribution in [0.15, 0.2) is 48.7 Å². The molecule has 0 N–H and O–H groups in total. The van der Waals surface area contributed by atoms with Crippen molar-refractivity contribution >= 4 is 6.09 Å². The molecule has 4 nitrogen and oxygen atoms in total. The topological polar surface area (TPSA) is 42.4 Å². The highest BCUT2D eigenvalue weighted by Gasteiger charge is 2.06. The molecule has 2 rings (SSSR count). The van der Waals surface area contributed by atoms with E-state index in [1.807, 2.05) is 30.3 Å². The molecule has 0 radical (unpaired) electrons. The van der Waals surface area contributed by atoms with Gasteiger partial charge in [-0.3, -0.25) is 4.98 Å². The number of nitrogens with zero attached hydrogens (tertiary/aromatic N) is 2. The number of carbonyl (C=O) groups is 1. The molecule has 0 aliphatic heterocycles. The number of hydrogen-bond donors (Lipinski definition) is 0. The van der Waals surface area contributed by atoms with E-state index in [9.17, 15) is 4.79 Å². The lowest BCUT2D eigenvalue weighted by Crippen LogP contribution is -2.25. The number of benzene rings is 1. The molecule has 4 heteroatoms. The first kappa shape index (κ1) is 12.1. The Labute approximate surface area is 106 Å². The van der Waals surface area contributed by atoms with Gasteiger partial charge in [-0.05, 0) is 36.4 Å². The van der Waals surface area contributed by atoms with Crippen LogP contribution in [0.2, 0.25) is 0 Å². The summed E-state index contributed by atoms with van der Waals surface area (Å²) >= 11 is 0. The van der Waals surface area contributed by atoms with Crippen LogP contribution in [0, 0.1) is 0 Å². The molecule has 18 heavy (non-hydrogen) atoms. The monoisotopic (exact) mass is 242 g/mol. The van der Waals surface area contributed by atoms with Gasteiger partial charge >= 0.3 is 6.09 Å². The minimum atomic E-state index is -0.388. The number of aromatic nitrogens is 1. The molecule has 1 heterocycles. The molecule has 0 saturated heterocycles. The first-order valence-electron chi connectivity index (χ1n) is 5.57. The van der Waals surface area contributed by atoms with Crippen LogP contribution in [0.4, 0.5) is 4.79 Å². The van der Waals surface area contributed by atoms with Gasteiger partial charge in [0.25, 0.3) is 0 Å². The maximum Gasteiger partial charge on any atom is 0.414 e. The van der Waals surface area contributed by atoms with Gasteiger partial charge in [0.15, 0.2) is 0 Å². The summed E-state index contributed by atoms with van der Waals surface area (Å²) in [6, 6.07) is 13.0. The average molecular weight is 242 g/mol. The summed E-state index contributed by atoms with van der Waals surface area (Å²) in [7, 11) is 3.29. The molecule has 0 atom stereocenters. The smallest absolute Gasteiger partial charge is 0.410 e. The van der Waals surface area contributed by atoms with Crippen LogP contribution in [-0.2, 0) is 0 Å². The molecule has 0 aliphatic carbocycles. The molecular weight excluding hydrogens is 228 g/mol.